The maximum absolute atomic E-state index is 13.0. The van der Waals surface area contributed by atoms with Crippen LogP contribution in [0.15, 0.2) is 24.3 Å². The van der Waals surface area contributed by atoms with Crippen LogP contribution in [0.3, 0.4) is 0 Å². The first-order valence-electron chi connectivity index (χ1n) is 5.05. The predicted octanol–water partition coefficient (Wildman–Crippen LogP) is 1.53. The molecule has 1 N–H and O–H groups in total. The first-order chi connectivity index (χ1) is 7.72. The summed E-state index contributed by atoms with van der Waals surface area (Å²) in [6.07, 6.45) is -0.0773. The summed E-state index contributed by atoms with van der Waals surface area (Å²) < 4.78 is 17.9. The van der Waals surface area contributed by atoms with Gasteiger partial charge in [-0.1, -0.05) is 6.07 Å². The lowest BCUT2D eigenvalue weighted by Crippen LogP contribution is -2.34. The third kappa shape index (κ3) is 1.99. The molecule has 1 heterocycles. The van der Waals surface area contributed by atoms with E-state index in [1.165, 1.54) is 23.1 Å². The molecule has 86 valence electrons. The molecule has 0 bridgehead atoms. The summed E-state index contributed by atoms with van der Waals surface area (Å²) in [5, 5.41) is 8.86. The van der Waals surface area contributed by atoms with Gasteiger partial charge in [0.1, 0.15) is 12.4 Å². The number of aliphatic hydroxyl groups excluding tert-OH is 1. The van der Waals surface area contributed by atoms with E-state index in [2.05, 4.69) is 0 Å². The van der Waals surface area contributed by atoms with E-state index in [4.69, 9.17) is 9.84 Å². The third-order valence-corrected chi connectivity index (χ3v) is 2.51. The molecule has 16 heavy (non-hydrogen) atoms. The molecule has 1 aliphatic rings. The maximum atomic E-state index is 13.0. The number of cyclic esters (lactones) is 1. The fraction of sp³-hybridized carbons (Fsp3) is 0.364. The minimum absolute atomic E-state index is 0.0346. The fourth-order valence-electron chi connectivity index (χ4n) is 1.76. The van der Waals surface area contributed by atoms with Crippen LogP contribution in [0.2, 0.25) is 0 Å². The maximum Gasteiger partial charge on any atom is 0.414 e. The topological polar surface area (TPSA) is 49.8 Å². The highest BCUT2D eigenvalue weighted by Gasteiger charge is 2.33. The van der Waals surface area contributed by atoms with Crippen molar-refractivity contribution in [2.75, 3.05) is 18.1 Å². The Morgan fingerprint density at radius 2 is 2.38 bits per heavy atom. The SMILES string of the molecule is O=C1OCC(CCO)N1c1cccc(F)c1. The van der Waals surface area contributed by atoms with E-state index >= 15 is 0 Å². The molecule has 1 fully saturated rings. The monoisotopic (exact) mass is 225 g/mol. The van der Waals surface area contributed by atoms with Crippen molar-refractivity contribution in [3.8, 4) is 0 Å². The lowest BCUT2D eigenvalue weighted by Gasteiger charge is -2.20. The first-order valence-corrected chi connectivity index (χ1v) is 5.05. The number of nitrogens with zero attached hydrogens (tertiary/aromatic N) is 1. The van der Waals surface area contributed by atoms with Gasteiger partial charge in [-0.15, -0.1) is 0 Å². The van der Waals surface area contributed by atoms with Crippen molar-refractivity contribution in [3.05, 3.63) is 30.1 Å². The summed E-state index contributed by atoms with van der Waals surface area (Å²) in [4.78, 5) is 12.8. The molecule has 4 nitrogen and oxygen atoms in total. The highest BCUT2D eigenvalue weighted by Crippen LogP contribution is 2.25. The second kappa shape index (κ2) is 4.49. The van der Waals surface area contributed by atoms with Crippen molar-refractivity contribution in [1.82, 2.24) is 0 Å². The number of rotatable bonds is 3. The molecule has 0 aliphatic carbocycles. The van der Waals surface area contributed by atoms with Crippen molar-refractivity contribution < 1.29 is 19.0 Å². The Kier molecular flexibility index (Phi) is 3.05. The van der Waals surface area contributed by atoms with E-state index in [-0.39, 0.29) is 19.3 Å². The van der Waals surface area contributed by atoms with Crippen LogP contribution < -0.4 is 4.90 Å². The van der Waals surface area contributed by atoms with Gasteiger partial charge in [0.05, 0.1) is 11.7 Å². The van der Waals surface area contributed by atoms with Gasteiger partial charge in [-0.2, -0.15) is 0 Å². The van der Waals surface area contributed by atoms with Crippen LogP contribution in [0.1, 0.15) is 6.42 Å². The molecule has 1 atom stereocenters. The van der Waals surface area contributed by atoms with Gasteiger partial charge in [0.25, 0.3) is 0 Å². The van der Waals surface area contributed by atoms with Crippen molar-refractivity contribution in [2.45, 2.75) is 12.5 Å². The van der Waals surface area contributed by atoms with Gasteiger partial charge in [0, 0.05) is 6.61 Å². The number of benzene rings is 1. The lowest BCUT2D eigenvalue weighted by atomic mass is 10.2. The molecule has 5 heteroatoms. The zero-order chi connectivity index (χ0) is 11.5. The number of carbonyl (C=O) groups excluding carboxylic acids is 1. The van der Waals surface area contributed by atoms with Crippen molar-refractivity contribution >= 4 is 11.8 Å². The summed E-state index contributed by atoms with van der Waals surface area (Å²) in [6, 6.07) is 5.54. The number of ether oxygens (including phenoxy) is 1. The van der Waals surface area contributed by atoms with Gasteiger partial charge in [0.15, 0.2) is 0 Å². The quantitative estimate of drug-likeness (QED) is 0.848. The van der Waals surface area contributed by atoms with Crippen molar-refractivity contribution in [1.29, 1.82) is 0 Å². The molecule has 1 aliphatic heterocycles. The second-order valence-electron chi connectivity index (χ2n) is 3.59. The highest BCUT2D eigenvalue weighted by molar-refractivity contribution is 5.90. The van der Waals surface area contributed by atoms with E-state index in [1.54, 1.807) is 6.07 Å². The Bertz CT molecular complexity index is 397. The predicted molar refractivity (Wildman–Crippen MR) is 55.7 cm³/mol. The molecule has 1 aromatic carbocycles. The van der Waals surface area contributed by atoms with Crippen LogP contribution in [0.25, 0.3) is 0 Å². The van der Waals surface area contributed by atoms with Gasteiger partial charge in [-0.3, -0.25) is 4.90 Å². The van der Waals surface area contributed by atoms with E-state index in [0.29, 0.717) is 12.1 Å². The molecule has 1 saturated heterocycles. The standard InChI is InChI=1S/C11H12FNO3/c12-8-2-1-3-9(6-8)13-10(4-5-14)7-16-11(13)15/h1-3,6,10,14H,4-5,7H2. The van der Waals surface area contributed by atoms with Crippen LogP contribution in [0.4, 0.5) is 14.9 Å². The number of halogens is 1. The van der Waals surface area contributed by atoms with E-state index in [0.717, 1.165) is 0 Å². The van der Waals surface area contributed by atoms with E-state index < -0.39 is 11.9 Å². The zero-order valence-electron chi connectivity index (χ0n) is 8.60. The van der Waals surface area contributed by atoms with Gasteiger partial charge < -0.3 is 9.84 Å². The highest BCUT2D eigenvalue weighted by atomic mass is 19.1. The molecular weight excluding hydrogens is 213 g/mol. The number of aliphatic hydroxyl groups is 1. The molecular formula is C11H12FNO3. The fourth-order valence-corrected chi connectivity index (χ4v) is 1.76. The lowest BCUT2D eigenvalue weighted by molar-refractivity contribution is 0.176. The minimum Gasteiger partial charge on any atom is -0.447 e. The zero-order valence-corrected chi connectivity index (χ0v) is 8.60. The van der Waals surface area contributed by atoms with Gasteiger partial charge in [-0.05, 0) is 24.6 Å². The summed E-state index contributed by atoms with van der Waals surface area (Å²) in [7, 11) is 0. The normalized spacial score (nSPS) is 20.0. The van der Waals surface area contributed by atoms with Crippen LogP contribution in [-0.4, -0.2) is 30.5 Å². The van der Waals surface area contributed by atoms with Crippen LogP contribution in [-0.2, 0) is 4.74 Å². The molecule has 0 aromatic heterocycles. The Balaban J connectivity index is 2.26. The Morgan fingerprint density at radius 1 is 1.56 bits per heavy atom. The Morgan fingerprint density at radius 3 is 3.06 bits per heavy atom. The minimum atomic E-state index is -0.496. The Labute approximate surface area is 92.2 Å². The summed E-state index contributed by atoms with van der Waals surface area (Å²) in [5.74, 6) is -0.403. The van der Waals surface area contributed by atoms with E-state index in [9.17, 15) is 9.18 Å². The molecule has 0 radical (unpaired) electrons. The van der Waals surface area contributed by atoms with Crippen molar-refractivity contribution in [2.24, 2.45) is 0 Å². The van der Waals surface area contributed by atoms with Crippen LogP contribution >= 0.6 is 0 Å². The van der Waals surface area contributed by atoms with Gasteiger partial charge in [-0.25, -0.2) is 9.18 Å². The summed E-state index contributed by atoms with van der Waals surface area (Å²) >= 11 is 0. The molecule has 2 rings (SSSR count). The molecule has 0 saturated carbocycles. The average Bonchev–Trinajstić information content (AvgIpc) is 2.60. The largest absolute Gasteiger partial charge is 0.447 e. The molecule has 1 aromatic rings. The van der Waals surface area contributed by atoms with Crippen LogP contribution in [0.5, 0.6) is 0 Å². The second-order valence-corrected chi connectivity index (χ2v) is 3.59. The number of hydrogen-bond donors (Lipinski definition) is 1. The smallest absolute Gasteiger partial charge is 0.414 e. The Hall–Kier alpha value is -1.62. The third-order valence-electron chi connectivity index (χ3n) is 2.51. The number of hydrogen-bond acceptors (Lipinski definition) is 3. The molecule has 1 unspecified atom stereocenters. The summed E-state index contributed by atoms with van der Waals surface area (Å²) in [5.41, 5.74) is 0.459. The number of carbonyl (C=O) groups is 1. The average molecular weight is 225 g/mol. The first kappa shape index (κ1) is 10.9. The number of amides is 1. The van der Waals surface area contributed by atoms with E-state index in [1.807, 2.05) is 0 Å². The van der Waals surface area contributed by atoms with Crippen LogP contribution in [0, 0.1) is 5.82 Å². The number of anilines is 1. The van der Waals surface area contributed by atoms with Gasteiger partial charge >= 0.3 is 6.09 Å². The molecule has 1 amide bonds. The molecule has 0 spiro atoms. The summed E-state index contributed by atoms with van der Waals surface area (Å²) in [6.45, 7) is 0.197. The van der Waals surface area contributed by atoms with Gasteiger partial charge in [0.2, 0.25) is 0 Å². The van der Waals surface area contributed by atoms with Crippen molar-refractivity contribution in [3.63, 3.8) is 0 Å².